The third-order valence-corrected chi connectivity index (χ3v) is 6.91. The van der Waals surface area contributed by atoms with E-state index in [1.54, 1.807) is 17.0 Å². The van der Waals surface area contributed by atoms with Gasteiger partial charge in [-0.2, -0.15) is 0 Å². The maximum atomic E-state index is 13.8. The van der Waals surface area contributed by atoms with Crippen LogP contribution in [0.15, 0.2) is 24.3 Å². The number of amides is 2. The van der Waals surface area contributed by atoms with Gasteiger partial charge in [-0.25, -0.2) is 17.6 Å². The molecule has 3 rings (SSSR count). The van der Waals surface area contributed by atoms with Crippen molar-refractivity contribution in [2.45, 2.75) is 38.3 Å². The van der Waals surface area contributed by atoms with Crippen LogP contribution in [0.4, 0.5) is 14.9 Å². The molecular formula is C18H26FN3O3S. The number of sulfone groups is 1. The number of rotatable bonds is 5. The first-order valence-electron chi connectivity index (χ1n) is 9.18. The van der Waals surface area contributed by atoms with Crippen LogP contribution in [0.2, 0.25) is 0 Å². The average molecular weight is 383 g/mol. The Morgan fingerprint density at radius 1 is 1.19 bits per heavy atom. The van der Waals surface area contributed by atoms with Gasteiger partial charge in [0.2, 0.25) is 0 Å². The van der Waals surface area contributed by atoms with Crippen LogP contribution in [-0.2, 0) is 9.84 Å². The Balaban J connectivity index is 1.73. The van der Waals surface area contributed by atoms with Gasteiger partial charge in [-0.05, 0) is 25.1 Å². The van der Waals surface area contributed by atoms with Crippen molar-refractivity contribution >= 4 is 21.6 Å². The fourth-order valence-electron chi connectivity index (χ4n) is 3.87. The van der Waals surface area contributed by atoms with Crippen LogP contribution in [0.5, 0.6) is 0 Å². The number of carbonyl (C=O) groups excluding carboxylic acids is 1. The number of carbonyl (C=O) groups is 1. The number of halogens is 1. The summed E-state index contributed by atoms with van der Waals surface area (Å²) in [7, 11) is -3.18. The van der Waals surface area contributed by atoms with E-state index in [-0.39, 0.29) is 29.3 Å². The van der Waals surface area contributed by atoms with Crippen molar-refractivity contribution in [3.8, 4) is 0 Å². The zero-order valence-corrected chi connectivity index (χ0v) is 15.8. The number of benzene rings is 1. The second kappa shape index (κ2) is 7.92. The summed E-state index contributed by atoms with van der Waals surface area (Å²) >= 11 is 0. The number of para-hydroxylation sites is 1. The minimum atomic E-state index is -3.18. The van der Waals surface area contributed by atoms with E-state index in [1.165, 1.54) is 12.1 Å². The van der Waals surface area contributed by atoms with Gasteiger partial charge in [-0.1, -0.05) is 31.9 Å². The van der Waals surface area contributed by atoms with Gasteiger partial charge in [0.1, 0.15) is 5.82 Å². The summed E-state index contributed by atoms with van der Waals surface area (Å²) in [5.74, 6) is -0.436. The molecule has 0 aromatic heterocycles. The number of urea groups is 1. The molecule has 2 fully saturated rings. The maximum Gasteiger partial charge on any atom is 0.322 e. The number of hydrogen-bond acceptors (Lipinski definition) is 4. The summed E-state index contributed by atoms with van der Waals surface area (Å²) < 4.78 is 38.2. The lowest BCUT2D eigenvalue weighted by Crippen LogP contribution is -2.61. The van der Waals surface area contributed by atoms with E-state index in [1.807, 2.05) is 0 Å². The first kappa shape index (κ1) is 19.1. The molecule has 144 valence electrons. The monoisotopic (exact) mass is 383 g/mol. The summed E-state index contributed by atoms with van der Waals surface area (Å²) in [6.07, 6.45) is 3.25. The van der Waals surface area contributed by atoms with Crippen molar-refractivity contribution in [1.82, 2.24) is 9.80 Å². The topological polar surface area (TPSA) is 69.7 Å². The molecule has 1 aromatic carbocycles. The van der Waals surface area contributed by atoms with E-state index in [2.05, 4.69) is 17.1 Å². The summed E-state index contributed by atoms with van der Waals surface area (Å²) in [5, 5.41) is 2.59. The molecule has 2 aliphatic heterocycles. The van der Waals surface area contributed by atoms with Gasteiger partial charge in [0.25, 0.3) is 0 Å². The Hall–Kier alpha value is -1.67. The minimum Gasteiger partial charge on any atom is -0.318 e. The third kappa shape index (κ3) is 4.17. The number of nitrogens with zero attached hydrogens (tertiary/aromatic N) is 2. The molecule has 1 N–H and O–H groups in total. The fourth-order valence-corrected chi connectivity index (χ4v) is 5.88. The molecule has 2 amide bonds. The molecule has 0 radical (unpaired) electrons. The predicted molar refractivity (Wildman–Crippen MR) is 99.5 cm³/mol. The van der Waals surface area contributed by atoms with Crippen LogP contribution in [0.25, 0.3) is 0 Å². The molecule has 0 saturated carbocycles. The lowest BCUT2D eigenvalue weighted by Gasteiger charge is -2.43. The molecule has 0 aliphatic carbocycles. The van der Waals surface area contributed by atoms with E-state index in [9.17, 15) is 17.6 Å². The van der Waals surface area contributed by atoms with Gasteiger partial charge in [-0.15, -0.1) is 0 Å². The Labute approximate surface area is 154 Å². The summed E-state index contributed by atoms with van der Waals surface area (Å²) in [5.41, 5.74) is 0.111. The van der Waals surface area contributed by atoms with Crippen molar-refractivity contribution < 1.29 is 17.6 Å². The van der Waals surface area contributed by atoms with Gasteiger partial charge in [0.15, 0.2) is 9.84 Å². The van der Waals surface area contributed by atoms with Crippen LogP contribution in [0.1, 0.15) is 26.2 Å². The minimum absolute atomic E-state index is 0.0212. The van der Waals surface area contributed by atoms with Crippen molar-refractivity contribution in [2.24, 2.45) is 0 Å². The van der Waals surface area contributed by atoms with E-state index in [0.29, 0.717) is 13.1 Å². The van der Waals surface area contributed by atoms with Crippen LogP contribution in [0.3, 0.4) is 0 Å². The lowest BCUT2D eigenvalue weighted by atomic mass is 10.0. The zero-order valence-electron chi connectivity index (χ0n) is 15.0. The van der Waals surface area contributed by atoms with Gasteiger partial charge < -0.3 is 10.2 Å². The Morgan fingerprint density at radius 3 is 2.65 bits per heavy atom. The Morgan fingerprint density at radius 2 is 1.92 bits per heavy atom. The predicted octanol–water partition coefficient (Wildman–Crippen LogP) is 2.33. The quantitative estimate of drug-likeness (QED) is 0.793. The lowest BCUT2D eigenvalue weighted by molar-refractivity contribution is 0.0692. The fraction of sp³-hybridized carbons (Fsp3) is 0.611. The van der Waals surface area contributed by atoms with Crippen LogP contribution in [0, 0.1) is 5.82 Å². The summed E-state index contributed by atoms with van der Waals surface area (Å²) in [4.78, 5) is 16.4. The number of nitrogens with one attached hydrogen (secondary N) is 1. The first-order valence-corrected chi connectivity index (χ1v) is 11.0. The van der Waals surface area contributed by atoms with Crippen molar-refractivity contribution in [2.75, 3.05) is 36.5 Å². The highest BCUT2D eigenvalue weighted by atomic mass is 32.2. The average Bonchev–Trinajstić information content (AvgIpc) is 2.92. The smallest absolute Gasteiger partial charge is 0.318 e. The van der Waals surface area contributed by atoms with Gasteiger partial charge in [0.05, 0.1) is 23.2 Å². The maximum absolute atomic E-state index is 13.8. The molecule has 0 unspecified atom stereocenters. The molecule has 0 spiro atoms. The molecule has 6 nitrogen and oxygen atoms in total. The molecule has 2 aliphatic rings. The second-order valence-corrected chi connectivity index (χ2v) is 9.21. The third-order valence-electron chi connectivity index (χ3n) is 5.22. The Kier molecular flexibility index (Phi) is 5.82. The van der Waals surface area contributed by atoms with Crippen molar-refractivity contribution in [3.63, 3.8) is 0 Å². The van der Waals surface area contributed by atoms with Crippen molar-refractivity contribution in [3.05, 3.63) is 30.1 Å². The number of hydrogen-bond donors (Lipinski definition) is 1. The molecule has 0 bridgehead atoms. The number of unbranched alkanes of at least 4 members (excludes halogenated alkanes) is 2. The molecule has 26 heavy (non-hydrogen) atoms. The second-order valence-electron chi connectivity index (χ2n) is 7.06. The van der Waals surface area contributed by atoms with E-state index >= 15 is 0 Å². The largest absolute Gasteiger partial charge is 0.322 e. The molecule has 1 aromatic rings. The highest BCUT2D eigenvalue weighted by Gasteiger charge is 2.47. The van der Waals surface area contributed by atoms with E-state index in [0.717, 1.165) is 25.8 Å². The normalized spacial score (nSPS) is 25.1. The summed E-state index contributed by atoms with van der Waals surface area (Å²) in [6, 6.07) is 5.00. The van der Waals surface area contributed by atoms with Crippen LogP contribution in [-0.4, -0.2) is 67.5 Å². The van der Waals surface area contributed by atoms with E-state index < -0.39 is 21.7 Å². The molecular weight excluding hydrogens is 357 g/mol. The number of fused-ring (bicyclic) bond motifs is 1. The summed E-state index contributed by atoms with van der Waals surface area (Å²) in [6.45, 7) is 4.08. The zero-order chi connectivity index (χ0) is 18.7. The molecule has 2 atom stereocenters. The molecule has 8 heteroatoms. The van der Waals surface area contributed by atoms with Crippen LogP contribution >= 0.6 is 0 Å². The molecule has 2 saturated heterocycles. The standard InChI is InChI=1S/C18H26FN3O3S/c1-2-3-6-9-21-10-11-22(17-13-26(24,25)12-16(17)21)18(23)20-15-8-5-4-7-14(15)19/h4-5,7-8,16-17H,2-3,6,9-13H2,1H3,(H,20,23)/t16-,17+/m0/s1. The van der Waals surface area contributed by atoms with Gasteiger partial charge >= 0.3 is 6.03 Å². The Bertz CT molecular complexity index is 756. The highest BCUT2D eigenvalue weighted by Crippen LogP contribution is 2.28. The first-order chi connectivity index (χ1) is 12.4. The van der Waals surface area contributed by atoms with Crippen molar-refractivity contribution in [1.29, 1.82) is 0 Å². The molecule has 2 heterocycles. The van der Waals surface area contributed by atoms with Crippen LogP contribution < -0.4 is 5.32 Å². The van der Waals surface area contributed by atoms with Gasteiger partial charge in [0, 0.05) is 19.1 Å². The number of anilines is 1. The number of piperazine rings is 1. The van der Waals surface area contributed by atoms with E-state index in [4.69, 9.17) is 0 Å². The SMILES string of the molecule is CCCCCN1CCN(C(=O)Nc2ccccc2F)[C@@H]2CS(=O)(=O)C[C@@H]21. The van der Waals surface area contributed by atoms with Gasteiger partial charge in [-0.3, -0.25) is 4.90 Å². The highest BCUT2D eigenvalue weighted by molar-refractivity contribution is 7.91.